The van der Waals surface area contributed by atoms with Gasteiger partial charge in [0.25, 0.3) is 5.91 Å². The molecule has 2 aromatic rings. The molecular weight excluding hydrogens is 376 g/mol. The third-order valence-electron chi connectivity index (χ3n) is 5.68. The van der Waals surface area contributed by atoms with Gasteiger partial charge in [0, 0.05) is 31.6 Å². The van der Waals surface area contributed by atoms with Gasteiger partial charge in [-0.15, -0.1) is 0 Å². The first kappa shape index (κ1) is 19.2. The van der Waals surface area contributed by atoms with Gasteiger partial charge in [-0.25, -0.2) is 8.42 Å². The Morgan fingerprint density at radius 1 is 1.21 bits per heavy atom. The second kappa shape index (κ2) is 7.37. The van der Waals surface area contributed by atoms with Crippen molar-refractivity contribution in [2.75, 3.05) is 20.1 Å². The van der Waals surface area contributed by atoms with Crippen LogP contribution in [0.2, 0.25) is 0 Å². The van der Waals surface area contributed by atoms with Crippen LogP contribution < -0.4 is 0 Å². The molecule has 1 amide bonds. The first-order valence-electron chi connectivity index (χ1n) is 9.80. The first-order chi connectivity index (χ1) is 13.4. The summed E-state index contributed by atoms with van der Waals surface area (Å²) >= 11 is 0. The Morgan fingerprint density at radius 2 is 1.93 bits per heavy atom. The van der Waals surface area contributed by atoms with Gasteiger partial charge < -0.3 is 9.32 Å². The van der Waals surface area contributed by atoms with Crippen LogP contribution in [0.3, 0.4) is 0 Å². The molecule has 2 heterocycles. The van der Waals surface area contributed by atoms with Crippen LogP contribution in [0.25, 0.3) is 0 Å². The predicted molar refractivity (Wildman–Crippen MR) is 105 cm³/mol. The molecule has 2 atom stereocenters. The highest BCUT2D eigenvalue weighted by molar-refractivity contribution is 7.89. The largest absolute Gasteiger partial charge is 0.464 e. The van der Waals surface area contributed by atoms with Crippen molar-refractivity contribution >= 4 is 15.9 Å². The van der Waals surface area contributed by atoms with Crippen molar-refractivity contribution in [3.63, 3.8) is 0 Å². The summed E-state index contributed by atoms with van der Waals surface area (Å²) in [5.41, 5.74) is 0.366. The van der Waals surface area contributed by atoms with E-state index in [9.17, 15) is 13.2 Å². The van der Waals surface area contributed by atoms with E-state index < -0.39 is 10.0 Å². The fourth-order valence-corrected chi connectivity index (χ4v) is 5.35. The van der Waals surface area contributed by atoms with Gasteiger partial charge in [-0.05, 0) is 55.5 Å². The number of rotatable bonds is 6. The Kier molecular flexibility index (Phi) is 5.05. The zero-order valence-electron chi connectivity index (χ0n) is 16.3. The number of amides is 1. The zero-order chi connectivity index (χ0) is 19.9. The predicted octanol–water partition coefficient (Wildman–Crippen LogP) is 3.46. The van der Waals surface area contributed by atoms with Gasteiger partial charge in [0.1, 0.15) is 11.5 Å². The van der Waals surface area contributed by atoms with Gasteiger partial charge in [-0.2, -0.15) is 4.31 Å². The fourth-order valence-electron chi connectivity index (χ4n) is 3.79. The van der Waals surface area contributed by atoms with Crippen molar-refractivity contribution in [3.8, 4) is 0 Å². The number of hydrogen-bond acceptors (Lipinski definition) is 4. The molecule has 1 aliphatic carbocycles. The minimum atomic E-state index is -3.54. The van der Waals surface area contributed by atoms with Crippen LogP contribution in [0.1, 0.15) is 54.0 Å². The van der Waals surface area contributed by atoms with Gasteiger partial charge in [0.05, 0.1) is 11.4 Å². The molecule has 0 bridgehead atoms. The summed E-state index contributed by atoms with van der Waals surface area (Å²) in [4.78, 5) is 14.6. The molecule has 150 valence electrons. The molecular formula is C21H26N2O4S. The van der Waals surface area contributed by atoms with E-state index in [0.717, 1.165) is 30.8 Å². The van der Waals surface area contributed by atoms with Crippen molar-refractivity contribution in [2.45, 2.75) is 43.5 Å². The van der Waals surface area contributed by atoms with E-state index in [1.54, 1.807) is 30.1 Å². The molecule has 1 saturated heterocycles. The lowest BCUT2D eigenvalue weighted by Gasteiger charge is -2.18. The molecule has 2 aliphatic rings. The molecule has 0 N–H and O–H groups in total. The van der Waals surface area contributed by atoms with Crippen molar-refractivity contribution in [1.82, 2.24) is 9.21 Å². The van der Waals surface area contributed by atoms with Crippen molar-refractivity contribution in [2.24, 2.45) is 5.92 Å². The summed E-state index contributed by atoms with van der Waals surface area (Å²) in [5, 5.41) is 0. The van der Waals surface area contributed by atoms with E-state index in [2.05, 4.69) is 6.92 Å². The van der Waals surface area contributed by atoms with Gasteiger partial charge in [-0.1, -0.05) is 13.0 Å². The lowest BCUT2D eigenvalue weighted by molar-refractivity contribution is 0.0774. The third-order valence-corrected chi connectivity index (χ3v) is 7.58. The lowest BCUT2D eigenvalue weighted by atomic mass is 10.2. The van der Waals surface area contributed by atoms with E-state index in [0.29, 0.717) is 37.0 Å². The second-order valence-corrected chi connectivity index (χ2v) is 9.86. The summed E-state index contributed by atoms with van der Waals surface area (Å²) in [6.07, 6.45) is 2.91. The van der Waals surface area contributed by atoms with E-state index in [4.69, 9.17) is 4.42 Å². The monoisotopic (exact) mass is 402 g/mol. The summed E-state index contributed by atoms with van der Waals surface area (Å²) in [5.74, 6) is 2.67. The smallest absolute Gasteiger partial charge is 0.254 e. The minimum Gasteiger partial charge on any atom is -0.464 e. The number of benzene rings is 1. The summed E-state index contributed by atoms with van der Waals surface area (Å²) in [7, 11) is -1.84. The fraction of sp³-hybridized carbons (Fsp3) is 0.476. The van der Waals surface area contributed by atoms with Gasteiger partial charge in [0.15, 0.2) is 0 Å². The topological polar surface area (TPSA) is 70.8 Å². The summed E-state index contributed by atoms with van der Waals surface area (Å²) < 4.78 is 32.9. The van der Waals surface area contributed by atoms with Gasteiger partial charge >= 0.3 is 0 Å². The normalized spacial score (nSPS) is 22.4. The number of furan rings is 1. The Hall–Kier alpha value is -2.12. The first-order valence-corrected chi connectivity index (χ1v) is 11.2. The molecule has 1 aliphatic heterocycles. The Morgan fingerprint density at radius 3 is 2.61 bits per heavy atom. The highest BCUT2D eigenvalue weighted by atomic mass is 32.2. The maximum Gasteiger partial charge on any atom is 0.254 e. The third kappa shape index (κ3) is 3.73. The number of carbonyl (C=O) groups is 1. The molecule has 1 aromatic heterocycles. The van der Waals surface area contributed by atoms with Crippen LogP contribution in [-0.2, 0) is 16.6 Å². The van der Waals surface area contributed by atoms with Crippen LogP contribution in [-0.4, -0.2) is 43.7 Å². The van der Waals surface area contributed by atoms with Crippen LogP contribution in [0.5, 0.6) is 0 Å². The molecule has 0 unspecified atom stereocenters. The highest BCUT2D eigenvalue weighted by Gasteiger charge is 2.36. The molecule has 0 radical (unpaired) electrons. The minimum absolute atomic E-state index is 0.177. The molecule has 4 rings (SSSR count). The van der Waals surface area contributed by atoms with E-state index in [-0.39, 0.29) is 10.8 Å². The molecule has 1 aromatic carbocycles. The van der Waals surface area contributed by atoms with Crippen LogP contribution in [0.15, 0.2) is 45.7 Å². The van der Waals surface area contributed by atoms with Crippen molar-refractivity contribution in [1.29, 1.82) is 0 Å². The lowest BCUT2D eigenvalue weighted by Crippen LogP contribution is -2.29. The van der Waals surface area contributed by atoms with Crippen LogP contribution in [0.4, 0.5) is 0 Å². The van der Waals surface area contributed by atoms with Crippen LogP contribution >= 0.6 is 0 Å². The standard InChI is InChI=1S/C21H26N2O4S/c1-15-12-19(15)20-9-8-17(27-20)14-22(2)21(24)16-6-5-7-18(13-16)28(25,26)23-10-3-4-11-23/h5-9,13,15,19H,3-4,10-12,14H2,1-2H3/t15-,19-/m1/s1. The molecule has 6 nitrogen and oxygen atoms in total. The SMILES string of the molecule is C[C@@H]1C[C@H]1c1ccc(CN(C)C(=O)c2cccc(S(=O)(=O)N3CCCC3)c2)o1. The number of hydrogen-bond donors (Lipinski definition) is 0. The average Bonchev–Trinajstić information content (AvgIpc) is 3.11. The summed E-state index contributed by atoms with van der Waals surface area (Å²) in [6, 6.07) is 10.2. The Bertz CT molecular complexity index is 976. The Labute approximate surface area is 166 Å². The van der Waals surface area contributed by atoms with Gasteiger partial charge in [-0.3, -0.25) is 4.79 Å². The maximum atomic E-state index is 12.8. The van der Waals surface area contributed by atoms with E-state index in [1.807, 2.05) is 12.1 Å². The highest BCUT2D eigenvalue weighted by Crippen LogP contribution is 2.47. The van der Waals surface area contributed by atoms with Crippen molar-refractivity contribution in [3.05, 3.63) is 53.5 Å². The van der Waals surface area contributed by atoms with Crippen molar-refractivity contribution < 1.29 is 17.6 Å². The zero-order valence-corrected chi connectivity index (χ0v) is 17.1. The number of sulfonamides is 1. The average molecular weight is 403 g/mol. The molecule has 2 fully saturated rings. The Balaban J connectivity index is 1.47. The second-order valence-electron chi connectivity index (χ2n) is 7.92. The molecule has 0 spiro atoms. The van der Waals surface area contributed by atoms with Crippen LogP contribution in [0, 0.1) is 5.92 Å². The molecule has 7 heteroatoms. The van der Waals surface area contributed by atoms with E-state index >= 15 is 0 Å². The number of nitrogens with zero attached hydrogens (tertiary/aromatic N) is 2. The van der Waals surface area contributed by atoms with E-state index in [1.165, 1.54) is 10.4 Å². The maximum absolute atomic E-state index is 12.8. The summed E-state index contributed by atoms with van der Waals surface area (Å²) in [6.45, 7) is 3.64. The quantitative estimate of drug-likeness (QED) is 0.742. The molecule has 28 heavy (non-hydrogen) atoms. The van der Waals surface area contributed by atoms with Gasteiger partial charge in [0.2, 0.25) is 10.0 Å². The number of carbonyl (C=O) groups excluding carboxylic acids is 1. The molecule has 1 saturated carbocycles.